The van der Waals surface area contributed by atoms with Crippen molar-refractivity contribution in [1.29, 1.82) is 0 Å². The van der Waals surface area contributed by atoms with Crippen LogP contribution in [0.2, 0.25) is 0 Å². The molecule has 5 aromatic heterocycles. The van der Waals surface area contributed by atoms with Gasteiger partial charge in [-0.05, 0) is 54.1 Å². The third-order valence-corrected chi connectivity index (χ3v) is 7.70. The Morgan fingerprint density at radius 3 is 2.02 bits per heavy atom. The Kier molecular flexibility index (Phi) is 7.93. The van der Waals surface area contributed by atoms with Gasteiger partial charge in [-0.3, -0.25) is 19.6 Å². The molecule has 212 valence electrons. The number of pyridine rings is 3. The molecule has 6 aromatic rings. The zero-order valence-electron chi connectivity index (χ0n) is 22.1. The fraction of sp³-hybridized carbons (Fsp3) is 0.0690. The summed E-state index contributed by atoms with van der Waals surface area (Å²) in [7, 11) is -2.26. The number of rotatable bonds is 7. The number of aromatic nitrogens is 3. The number of ether oxygens (including phenoxy) is 1. The lowest BCUT2D eigenvalue weighted by atomic mass is 10.2. The second-order valence-corrected chi connectivity index (χ2v) is 10.7. The maximum absolute atomic E-state index is 12.7. The predicted octanol–water partition coefficient (Wildman–Crippen LogP) is 3.92. The monoisotopic (exact) mass is 585 g/mol. The van der Waals surface area contributed by atoms with E-state index >= 15 is 0 Å². The summed E-state index contributed by atoms with van der Waals surface area (Å²) in [5.74, 6) is -0.113. The number of nitrogens with two attached hydrogens (primary N) is 1. The van der Waals surface area contributed by atoms with Gasteiger partial charge < -0.3 is 24.6 Å². The largest absolute Gasteiger partial charge is 0.495 e. The lowest BCUT2D eigenvalue weighted by Crippen LogP contribution is -2.22. The minimum absolute atomic E-state index is 0.0660. The van der Waals surface area contributed by atoms with Crippen LogP contribution in [-0.4, -0.2) is 42.3 Å². The van der Waals surface area contributed by atoms with Gasteiger partial charge in [0.25, 0.3) is 11.8 Å². The first-order valence-corrected chi connectivity index (χ1v) is 13.8. The molecule has 5 heterocycles. The molecule has 0 fully saturated rings. The molecule has 0 atom stereocenters. The van der Waals surface area contributed by atoms with Crippen LogP contribution in [0, 0.1) is 0 Å². The molecule has 0 bridgehead atoms. The molecule has 0 saturated heterocycles. The molecule has 12 nitrogen and oxygen atoms in total. The van der Waals surface area contributed by atoms with Gasteiger partial charge in [0.1, 0.15) is 5.75 Å². The third kappa shape index (κ3) is 6.10. The maximum atomic E-state index is 12.7. The van der Waals surface area contributed by atoms with Gasteiger partial charge in [0, 0.05) is 29.7 Å². The number of hydrogen-bond acceptors (Lipinski definition) is 10. The normalized spacial score (nSPS) is 11.1. The number of hydrogen-bond donors (Lipinski definition) is 2. The summed E-state index contributed by atoms with van der Waals surface area (Å²) in [5.41, 5.74) is 6.87. The lowest BCUT2D eigenvalue weighted by molar-refractivity contribution is 0.0924. The molecule has 42 heavy (non-hydrogen) atoms. The lowest BCUT2D eigenvalue weighted by Gasteiger charge is -2.07. The van der Waals surface area contributed by atoms with Gasteiger partial charge in [-0.25, -0.2) is 13.4 Å². The summed E-state index contributed by atoms with van der Waals surface area (Å²) < 4.78 is 40.9. The first-order valence-electron chi connectivity index (χ1n) is 12.3. The zero-order valence-corrected chi connectivity index (χ0v) is 22.9. The SMILES string of the molecule is COc1ccc(S(=O)(=O)c2ccc(CNC(=O)c3cc4ccncc4o3)cc2)nc1.NC(=O)c1cc2ccncc2o1. The maximum Gasteiger partial charge on any atom is 0.287 e. The van der Waals surface area contributed by atoms with Crippen molar-refractivity contribution in [1.82, 2.24) is 20.3 Å². The van der Waals surface area contributed by atoms with Crippen molar-refractivity contribution in [3.63, 3.8) is 0 Å². The van der Waals surface area contributed by atoms with Crippen LogP contribution in [0.15, 0.2) is 110 Å². The fourth-order valence-corrected chi connectivity index (χ4v) is 5.00. The number of carbonyl (C=O) groups is 2. The number of furan rings is 2. The highest BCUT2D eigenvalue weighted by atomic mass is 32.2. The van der Waals surface area contributed by atoms with E-state index in [-0.39, 0.29) is 33.9 Å². The Balaban J connectivity index is 0.000000244. The summed E-state index contributed by atoms with van der Waals surface area (Å²) in [4.78, 5) is 34.8. The van der Waals surface area contributed by atoms with E-state index in [1.165, 1.54) is 37.6 Å². The van der Waals surface area contributed by atoms with E-state index in [0.29, 0.717) is 16.9 Å². The van der Waals surface area contributed by atoms with Crippen molar-refractivity contribution in [2.75, 3.05) is 7.11 Å². The van der Waals surface area contributed by atoms with Crippen LogP contribution in [0.4, 0.5) is 0 Å². The van der Waals surface area contributed by atoms with Crippen LogP contribution in [-0.2, 0) is 16.4 Å². The van der Waals surface area contributed by atoms with Crippen LogP contribution < -0.4 is 15.8 Å². The van der Waals surface area contributed by atoms with Gasteiger partial charge in [0.15, 0.2) is 27.7 Å². The van der Waals surface area contributed by atoms with Crippen molar-refractivity contribution in [3.8, 4) is 5.75 Å². The van der Waals surface area contributed by atoms with E-state index in [1.807, 2.05) is 0 Å². The number of primary amides is 1. The van der Waals surface area contributed by atoms with Crippen LogP contribution in [0.3, 0.4) is 0 Å². The molecule has 1 aromatic carbocycles. The van der Waals surface area contributed by atoms with E-state index in [9.17, 15) is 18.0 Å². The molecule has 0 aliphatic heterocycles. The molecular formula is C29H23N5O7S. The van der Waals surface area contributed by atoms with Gasteiger partial charge >= 0.3 is 0 Å². The number of carbonyl (C=O) groups excluding carboxylic acids is 2. The fourth-order valence-electron chi connectivity index (χ4n) is 3.83. The minimum Gasteiger partial charge on any atom is -0.495 e. The first kappa shape index (κ1) is 28.0. The second-order valence-electron chi connectivity index (χ2n) is 8.78. The highest BCUT2D eigenvalue weighted by Gasteiger charge is 2.19. The average molecular weight is 586 g/mol. The van der Waals surface area contributed by atoms with Crippen LogP contribution in [0.1, 0.15) is 26.7 Å². The van der Waals surface area contributed by atoms with Crippen molar-refractivity contribution in [2.45, 2.75) is 16.5 Å². The van der Waals surface area contributed by atoms with E-state index < -0.39 is 15.7 Å². The van der Waals surface area contributed by atoms with Crippen molar-refractivity contribution < 1.29 is 31.6 Å². The highest BCUT2D eigenvalue weighted by molar-refractivity contribution is 7.91. The topological polar surface area (TPSA) is 181 Å². The number of fused-ring (bicyclic) bond motifs is 2. The Bertz CT molecular complexity index is 1920. The Labute approximate surface area is 239 Å². The summed E-state index contributed by atoms with van der Waals surface area (Å²) in [6.45, 7) is 0.218. The number of nitrogens with one attached hydrogen (secondary N) is 1. The van der Waals surface area contributed by atoms with Crippen LogP contribution >= 0.6 is 0 Å². The van der Waals surface area contributed by atoms with E-state index in [2.05, 4.69) is 20.3 Å². The van der Waals surface area contributed by atoms with Gasteiger partial charge in [-0.15, -0.1) is 0 Å². The Hall–Kier alpha value is -5.56. The second kappa shape index (κ2) is 11.9. The Morgan fingerprint density at radius 2 is 1.48 bits per heavy atom. The van der Waals surface area contributed by atoms with Gasteiger partial charge in [-0.2, -0.15) is 0 Å². The van der Waals surface area contributed by atoms with E-state index in [1.54, 1.807) is 61.2 Å². The summed E-state index contributed by atoms with van der Waals surface area (Å²) in [6.07, 6.45) is 7.69. The molecule has 0 radical (unpaired) electrons. The summed E-state index contributed by atoms with van der Waals surface area (Å²) in [6, 6.07) is 15.9. The first-order chi connectivity index (χ1) is 20.2. The zero-order chi connectivity index (χ0) is 29.7. The van der Waals surface area contributed by atoms with Crippen LogP contribution in [0.25, 0.3) is 21.9 Å². The highest BCUT2D eigenvalue weighted by Crippen LogP contribution is 2.22. The third-order valence-electron chi connectivity index (χ3n) is 6.02. The molecule has 2 amide bonds. The van der Waals surface area contributed by atoms with Crippen molar-refractivity contribution in [3.05, 3.63) is 109 Å². The molecule has 0 aliphatic carbocycles. The van der Waals surface area contributed by atoms with Crippen molar-refractivity contribution >= 4 is 43.6 Å². The molecule has 0 aliphatic rings. The summed E-state index contributed by atoms with van der Waals surface area (Å²) in [5, 5.41) is 4.30. The smallest absolute Gasteiger partial charge is 0.287 e. The minimum atomic E-state index is -3.74. The summed E-state index contributed by atoms with van der Waals surface area (Å²) >= 11 is 0. The van der Waals surface area contributed by atoms with Crippen molar-refractivity contribution in [2.24, 2.45) is 5.73 Å². The molecule has 13 heteroatoms. The number of benzene rings is 1. The molecule has 6 rings (SSSR count). The predicted molar refractivity (Wildman–Crippen MR) is 150 cm³/mol. The number of sulfone groups is 1. The molecule has 0 saturated carbocycles. The molecule has 3 N–H and O–H groups in total. The van der Waals surface area contributed by atoms with Crippen LogP contribution in [0.5, 0.6) is 5.75 Å². The molecular weight excluding hydrogens is 562 g/mol. The van der Waals surface area contributed by atoms with Gasteiger partial charge in [0.2, 0.25) is 9.84 Å². The number of amides is 2. The molecule has 0 unspecified atom stereocenters. The Morgan fingerprint density at radius 1 is 0.857 bits per heavy atom. The standard InChI is InChI=1S/C21H17N3O5S.C8H6N2O2/c1-28-16-4-7-20(23-12-16)30(26,27)17-5-2-14(3-6-17)11-24-21(25)18-10-15-8-9-22-13-19(15)29-18;9-8(11)6-3-5-1-2-10-4-7(5)12-6/h2-10,12-13H,11H2,1H3,(H,24,25);1-4H,(H2,9,11). The molecule has 0 spiro atoms. The number of methoxy groups -OCH3 is 1. The van der Waals surface area contributed by atoms with Gasteiger partial charge in [-0.1, -0.05) is 12.1 Å². The van der Waals surface area contributed by atoms with E-state index in [0.717, 1.165) is 16.3 Å². The number of nitrogens with zero attached hydrogens (tertiary/aromatic N) is 3. The average Bonchev–Trinajstić information content (AvgIpc) is 3.66. The van der Waals surface area contributed by atoms with Gasteiger partial charge in [0.05, 0.1) is 30.6 Å². The van der Waals surface area contributed by atoms with E-state index in [4.69, 9.17) is 19.3 Å². The quantitative estimate of drug-likeness (QED) is 0.279.